The molecule has 2 N–H and O–H groups in total. The van der Waals surface area contributed by atoms with Gasteiger partial charge in [-0.05, 0) is 46.3 Å². The van der Waals surface area contributed by atoms with Gasteiger partial charge in [0.2, 0.25) is 0 Å². The Hall–Kier alpha value is -0.650. The lowest BCUT2D eigenvalue weighted by molar-refractivity contribution is 0.0994. The number of hydrogen-bond donors (Lipinski definition) is 1. The minimum absolute atomic E-state index is 0.0457. The number of ketones is 1. The molecule has 0 radical (unpaired) electrons. The van der Waals surface area contributed by atoms with Gasteiger partial charge in [-0.2, -0.15) is 0 Å². The van der Waals surface area contributed by atoms with Crippen molar-refractivity contribution in [2.24, 2.45) is 0 Å². The van der Waals surface area contributed by atoms with Crippen molar-refractivity contribution in [3.8, 4) is 0 Å². The van der Waals surface area contributed by atoms with Crippen LogP contribution in [0.2, 0.25) is 0 Å². The van der Waals surface area contributed by atoms with Gasteiger partial charge < -0.3 is 5.73 Å². The first kappa shape index (κ1) is 12.8. The third-order valence-corrected chi connectivity index (χ3v) is 4.39. The van der Waals surface area contributed by atoms with Gasteiger partial charge in [-0.1, -0.05) is 15.9 Å². The molecular weight excluding hydrogens is 366 g/mol. The van der Waals surface area contributed by atoms with E-state index in [2.05, 4.69) is 31.9 Å². The lowest BCUT2D eigenvalue weighted by Gasteiger charge is -2.04. The molecule has 0 aliphatic carbocycles. The monoisotopic (exact) mass is 373 g/mol. The van der Waals surface area contributed by atoms with E-state index in [1.54, 1.807) is 23.5 Å². The Bertz CT molecular complexity index is 565. The average Bonchev–Trinajstić information content (AvgIpc) is 2.63. The molecule has 1 heterocycles. The van der Waals surface area contributed by atoms with Gasteiger partial charge in [0.05, 0.1) is 3.79 Å². The molecule has 0 unspecified atom stereocenters. The number of nitrogens with two attached hydrogens (primary N) is 1. The normalized spacial score (nSPS) is 10.5. The molecule has 2 nitrogen and oxygen atoms in total. The van der Waals surface area contributed by atoms with Crippen LogP contribution in [0.1, 0.15) is 15.2 Å². The number of Topliss-reactive ketones (excluding diaryl/α,β-unsaturated/α-hetero) is 1. The molecule has 0 atom stereocenters. The van der Waals surface area contributed by atoms with Crippen molar-refractivity contribution in [1.82, 2.24) is 0 Å². The van der Waals surface area contributed by atoms with Crippen molar-refractivity contribution in [3.05, 3.63) is 49.0 Å². The van der Waals surface area contributed by atoms with Gasteiger partial charge in [-0.15, -0.1) is 11.3 Å². The summed E-state index contributed by atoms with van der Waals surface area (Å²) in [6, 6.07) is 9.22. The molecular formula is C12H9Br2NOS. The third kappa shape index (κ3) is 3.18. The number of rotatable bonds is 3. The van der Waals surface area contributed by atoms with Crippen molar-refractivity contribution >= 4 is 54.7 Å². The highest BCUT2D eigenvalue weighted by Crippen LogP contribution is 2.25. The van der Waals surface area contributed by atoms with E-state index in [9.17, 15) is 4.79 Å². The van der Waals surface area contributed by atoms with Gasteiger partial charge in [0.25, 0.3) is 0 Å². The van der Waals surface area contributed by atoms with Crippen molar-refractivity contribution < 1.29 is 4.79 Å². The molecule has 2 aromatic rings. The van der Waals surface area contributed by atoms with Crippen LogP contribution in [-0.4, -0.2) is 5.78 Å². The van der Waals surface area contributed by atoms with Crippen LogP contribution in [0.15, 0.2) is 38.6 Å². The van der Waals surface area contributed by atoms with Crippen LogP contribution >= 0.6 is 43.2 Å². The van der Waals surface area contributed by atoms with Crippen LogP contribution in [0.4, 0.5) is 5.69 Å². The molecule has 88 valence electrons. The Morgan fingerprint density at radius 1 is 1.24 bits per heavy atom. The molecule has 0 amide bonds. The second-order valence-electron chi connectivity index (χ2n) is 3.54. The summed E-state index contributed by atoms with van der Waals surface area (Å²) in [5, 5.41) is 0. The van der Waals surface area contributed by atoms with E-state index in [-0.39, 0.29) is 5.78 Å². The Balaban J connectivity index is 2.20. The summed E-state index contributed by atoms with van der Waals surface area (Å²) in [4.78, 5) is 13.1. The fourth-order valence-electron chi connectivity index (χ4n) is 1.49. The summed E-state index contributed by atoms with van der Waals surface area (Å²) in [7, 11) is 0. The van der Waals surface area contributed by atoms with Crippen molar-refractivity contribution in [2.45, 2.75) is 6.42 Å². The van der Waals surface area contributed by atoms with E-state index < -0.39 is 0 Å². The fraction of sp³-hybridized carbons (Fsp3) is 0.0833. The van der Waals surface area contributed by atoms with Gasteiger partial charge in [-0.3, -0.25) is 4.79 Å². The summed E-state index contributed by atoms with van der Waals surface area (Å²) in [6.07, 6.45) is 0.391. The molecule has 0 bridgehead atoms. The fourth-order valence-corrected chi connectivity index (χ4v) is 3.35. The first-order valence-electron chi connectivity index (χ1n) is 4.88. The molecule has 0 saturated heterocycles. The maximum Gasteiger partial charge on any atom is 0.170 e. The van der Waals surface area contributed by atoms with E-state index in [1.807, 2.05) is 18.2 Å². The Morgan fingerprint density at radius 2 is 2.00 bits per heavy atom. The Labute approximate surface area is 120 Å². The SMILES string of the molecule is Nc1cc(Br)ccc1C(=O)Cc1ccc(Br)s1. The van der Waals surface area contributed by atoms with Crippen LogP contribution in [-0.2, 0) is 6.42 Å². The number of carbonyl (C=O) groups excluding carboxylic acids is 1. The number of nitrogen functional groups attached to an aromatic ring is 1. The van der Waals surface area contributed by atoms with Crippen LogP contribution in [0, 0.1) is 0 Å². The predicted octanol–water partition coefficient (Wildman–Crippen LogP) is 4.28. The maximum absolute atomic E-state index is 12.1. The zero-order chi connectivity index (χ0) is 12.4. The molecule has 0 saturated carbocycles. The molecule has 1 aromatic heterocycles. The van der Waals surface area contributed by atoms with E-state index in [0.29, 0.717) is 17.7 Å². The minimum Gasteiger partial charge on any atom is -0.398 e. The highest BCUT2D eigenvalue weighted by molar-refractivity contribution is 9.11. The molecule has 2 rings (SSSR count). The van der Waals surface area contributed by atoms with Crippen molar-refractivity contribution in [3.63, 3.8) is 0 Å². The number of benzene rings is 1. The summed E-state index contributed by atoms with van der Waals surface area (Å²) in [5.74, 6) is 0.0457. The number of anilines is 1. The van der Waals surface area contributed by atoms with Crippen molar-refractivity contribution in [2.75, 3.05) is 5.73 Å². The minimum atomic E-state index is 0.0457. The van der Waals surface area contributed by atoms with Crippen molar-refractivity contribution in [1.29, 1.82) is 0 Å². The topological polar surface area (TPSA) is 43.1 Å². The predicted molar refractivity (Wildman–Crippen MR) is 78.6 cm³/mol. The highest BCUT2D eigenvalue weighted by atomic mass is 79.9. The molecule has 5 heteroatoms. The van der Waals surface area contributed by atoms with Crippen LogP contribution in [0.3, 0.4) is 0 Å². The lowest BCUT2D eigenvalue weighted by Crippen LogP contribution is -2.06. The molecule has 17 heavy (non-hydrogen) atoms. The van der Waals surface area contributed by atoms with Crippen LogP contribution in [0.25, 0.3) is 0 Å². The third-order valence-electron chi connectivity index (χ3n) is 2.28. The first-order chi connectivity index (χ1) is 8.06. The molecule has 0 aliphatic heterocycles. The molecule has 0 aliphatic rings. The van der Waals surface area contributed by atoms with E-state index in [1.165, 1.54) is 0 Å². The molecule has 0 fully saturated rings. The number of hydrogen-bond acceptors (Lipinski definition) is 3. The van der Waals surface area contributed by atoms with Gasteiger partial charge in [-0.25, -0.2) is 0 Å². The highest BCUT2D eigenvalue weighted by Gasteiger charge is 2.11. The van der Waals surface area contributed by atoms with E-state index in [0.717, 1.165) is 13.1 Å². The zero-order valence-electron chi connectivity index (χ0n) is 8.74. The number of carbonyl (C=O) groups is 1. The van der Waals surface area contributed by atoms with Gasteiger partial charge in [0, 0.05) is 27.0 Å². The van der Waals surface area contributed by atoms with Gasteiger partial charge in [0.15, 0.2) is 5.78 Å². The summed E-state index contributed by atoms with van der Waals surface area (Å²) in [5.41, 5.74) is 6.92. The Morgan fingerprint density at radius 3 is 2.59 bits per heavy atom. The largest absolute Gasteiger partial charge is 0.398 e. The smallest absolute Gasteiger partial charge is 0.170 e. The second kappa shape index (κ2) is 5.33. The molecule has 0 spiro atoms. The van der Waals surface area contributed by atoms with E-state index in [4.69, 9.17) is 5.73 Å². The zero-order valence-corrected chi connectivity index (χ0v) is 12.7. The van der Waals surface area contributed by atoms with Crippen LogP contribution in [0.5, 0.6) is 0 Å². The van der Waals surface area contributed by atoms with Gasteiger partial charge in [0.1, 0.15) is 0 Å². The Kier molecular flexibility index (Phi) is 4.01. The van der Waals surface area contributed by atoms with Crippen LogP contribution < -0.4 is 5.73 Å². The standard InChI is InChI=1S/C12H9Br2NOS/c13-7-1-3-9(10(15)5-7)11(16)6-8-2-4-12(14)17-8/h1-5H,6,15H2. The summed E-state index contributed by atoms with van der Waals surface area (Å²) in [6.45, 7) is 0. The first-order valence-corrected chi connectivity index (χ1v) is 7.29. The second-order valence-corrected chi connectivity index (χ2v) is 7.00. The maximum atomic E-state index is 12.1. The molecule has 1 aromatic carbocycles. The lowest BCUT2D eigenvalue weighted by atomic mass is 10.1. The average molecular weight is 375 g/mol. The quantitative estimate of drug-likeness (QED) is 0.643. The summed E-state index contributed by atoms with van der Waals surface area (Å²) >= 11 is 8.26. The van der Waals surface area contributed by atoms with E-state index >= 15 is 0 Å². The number of thiophene rings is 1. The summed E-state index contributed by atoms with van der Waals surface area (Å²) < 4.78 is 1.91. The van der Waals surface area contributed by atoms with Gasteiger partial charge >= 0.3 is 0 Å². The number of halogens is 2.